The van der Waals surface area contributed by atoms with E-state index in [2.05, 4.69) is 5.16 Å². The van der Waals surface area contributed by atoms with Gasteiger partial charge in [0.1, 0.15) is 22.9 Å². The molecule has 126 valence electrons. The van der Waals surface area contributed by atoms with E-state index < -0.39 is 5.60 Å². The number of hydrogen-bond donors (Lipinski definition) is 0. The van der Waals surface area contributed by atoms with E-state index in [1.54, 1.807) is 23.1 Å². The first kappa shape index (κ1) is 15.3. The van der Waals surface area contributed by atoms with Gasteiger partial charge in [-0.2, -0.15) is 0 Å². The van der Waals surface area contributed by atoms with Crippen LogP contribution in [0.5, 0.6) is 0 Å². The summed E-state index contributed by atoms with van der Waals surface area (Å²) in [7, 11) is 0. The summed E-state index contributed by atoms with van der Waals surface area (Å²) in [5, 5.41) is 4.05. The number of amides is 1. The number of hydrogen-bond acceptors (Lipinski definition) is 4. The maximum absolute atomic E-state index is 14.1. The van der Waals surface area contributed by atoms with Crippen molar-refractivity contribution in [1.82, 2.24) is 10.1 Å². The minimum absolute atomic E-state index is 0.00802. The smallest absolute Gasteiger partial charge is 0.254 e. The molecule has 1 fully saturated rings. The molecule has 1 amide bonds. The molecular formula is C18H19FN2O3. The SMILES string of the molecule is C[C@@]1(C(=O)N2CCc3onc(-c4ccccc4F)c3C2)CCCO1. The fourth-order valence-electron chi connectivity index (χ4n) is 3.53. The second kappa shape index (κ2) is 5.70. The molecule has 0 saturated carbocycles. The Bertz CT molecular complexity index is 780. The van der Waals surface area contributed by atoms with E-state index in [0.717, 1.165) is 24.2 Å². The van der Waals surface area contributed by atoms with Crippen LogP contribution >= 0.6 is 0 Å². The summed E-state index contributed by atoms with van der Waals surface area (Å²) >= 11 is 0. The maximum atomic E-state index is 14.1. The van der Waals surface area contributed by atoms with E-state index in [1.165, 1.54) is 6.07 Å². The largest absolute Gasteiger partial charge is 0.365 e. The van der Waals surface area contributed by atoms with Crippen molar-refractivity contribution in [2.45, 2.75) is 38.3 Å². The van der Waals surface area contributed by atoms with Gasteiger partial charge in [-0.25, -0.2) is 4.39 Å². The molecule has 2 aromatic rings. The Kier molecular flexibility index (Phi) is 3.64. The Morgan fingerprint density at radius 2 is 2.21 bits per heavy atom. The first-order chi connectivity index (χ1) is 11.6. The van der Waals surface area contributed by atoms with Crippen molar-refractivity contribution in [1.29, 1.82) is 0 Å². The standard InChI is InChI=1S/C18H19FN2O3/c1-18(8-4-10-23-18)17(22)21-9-7-15-13(11-21)16(20-24-15)12-5-2-3-6-14(12)19/h2-3,5-6H,4,7-11H2,1H3/t18-/m0/s1. The minimum atomic E-state index is -0.743. The van der Waals surface area contributed by atoms with Gasteiger partial charge in [-0.3, -0.25) is 4.79 Å². The molecular weight excluding hydrogens is 311 g/mol. The third kappa shape index (κ3) is 2.41. The number of halogens is 1. The molecule has 0 aliphatic carbocycles. The fraction of sp³-hybridized carbons (Fsp3) is 0.444. The average molecular weight is 330 g/mol. The first-order valence-electron chi connectivity index (χ1n) is 8.24. The molecule has 0 spiro atoms. The number of fused-ring (bicyclic) bond motifs is 1. The van der Waals surface area contributed by atoms with Crippen molar-refractivity contribution in [3.05, 3.63) is 41.4 Å². The van der Waals surface area contributed by atoms with Gasteiger partial charge in [0.15, 0.2) is 0 Å². The lowest BCUT2D eigenvalue weighted by molar-refractivity contribution is -0.152. The van der Waals surface area contributed by atoms with E-state index >= 15 is 0 Å². The number of ether oxygens (including phenoxy) is 1. The lowest BCUT2D eigenvalue weighted by atomic mass is 9.97. The zero-order valence-electron chi connectivity index (χ0n) is 13.5. The molecule has 4 rings (SSSR count). The van der Waals surface area contributed by atoms with Crippen molar-refractivity contribution < 1.29 is 18.4 Å². The van der Waals surface area contributed by atoms with Gasteiger partial charge in [-0.1, -0.05) is 17.3 Å². The third-order valence-electron chi connectivity index (χ3n) is 4.91. The molecule has 1 atom stereocenters. The molecule has 6 heteroatoms. The van der Waals surface area contributed by atoms with Gasteiger partial charge in [0.05, 0.1) is 6.54 Å². The monoisotopic (exact) mass is 330 g/mol. The minimum Gasteiger partial charge on any atom is -0.365 e. The van der Waals surface area contributed by atoms with Crippen LogP contribution in [0.4, 0.5) is 4.39 Å². The summed E-state index contributed by atoms with van der Waals surface area (Å²) in [6.07, 6.45) is 2.21. The maximum Gasteiger partial charge on any atom is 0.254 e. The highest BCUT2D eigenvalue weighted by atomic mass is 19.1. The molecule has 3 heterocycles. The fourth-order valence-corrected chi connectivity index (χ4v) is 3.53. The summed E-state index contributed by atoms with van der Waals surface area (Å²) in [5.74, 6) is 0.379. The van der Waals surface area contributed by atoms with Crippen LogP contribution in [0.3, 0.4) is 0 Å². The second-order valence-electron chi connectivity index (χ2n) is 6.57. The number of rotatable bonds is 2. The summed E-state index contributed by atoms with van der Waals surface area (Å²) < 4.78 is 25.2. The normalized spacial score (nSPS) is 23.3. The number of nitrogens with zero attached hydrogens (tertiary/aromatic N) is 2. The molecule has 0 N–H and O–H groups in total. The van der Waals surface area contributed by atoms with E-state index in [-0.39, 0.29) is 11.7 Å². The van der Waals surface area contributed by atoms with Crippen LogP contribution in [-0.4, -0.2) is 34.7 Å². The second-order valence-corrected chi connectivity index (χ2v) is 6.57. The van der Waals surface area contributed by atoms with Crippen LogP contribution in [0.1, 0.15) is 31.1 Å². The average Bonchev–Trinajstić information content (AvgIpc) is 3.21. The van der Waals surface area contributed by atoms with Crippen molar-refractivity contribution >= 4 is 5.91 Å². The predicted octanol–water partition coefficient (Wildman–Crippen LogP) is 2.93. The molecule has 0 unspecified atom stereocenters. The van der Waals surface area contributed by atoms with Crippen LogP contribution in [-0.2, 0) is 22.5 Å². The van der Waals surface area contributed by atoms with Crippen LogP contribution in [0.25, 0.3) is 11.3 Å². The Balaban J connectivity index is 1.64. The molecule has 0 bridgehead atoms. The molecule has 2 aliphatic heterocycles. The molecule has 5 nitrogen and oxygen atoms in total. The summed E-state index contributed by atoms with van der Waals surface area (Å²) in [4.78, 5) is 14.6. The molecule has 24 heavy (non-hydrogen) atoms. The van der Waals surface area contributed by atoms with Gasteiger partial charge in [-0.05, 0) is 31.9 Å². The summed E-state index contributed by atoms with van der Waals surface area (Å²) in [6.45, 7) is 3.41. The molecule has 0 radical (unpaired) electrons. The van der Waals surface area contributed by atoms with Gasteiger partial charge in [-0.15, -0.1) is 0 Å². The Labute approximate surface area is 139 Å². The van der Waals surface area contributed by atoms with Crippen molar-refractivity contribution in [3.63, 3.8) is 0 Å². The van der Waals surface area contributed by atoms with E-state index in [9.17, 15) is 9.18 Å². The quantitative estimate of drug-likeness (QED) is 0.849. The molecule has 1 aromatic heterocycles. The molecule has 2 aliphatic rings. The number of aromatic nitrogens is 1. The number of benzene rings is 1. The van der Waals surface area contributed by atoms with Crippen molar-refractivity contribution in [2.75, 3.05) is 13.2 Å². The summed E-state index contributed by atoms with van der Waals surface area (Å²) in [6, 6.07) is 6.48. The van der Waals surface area contributed by atoms with E-state index in [4.69, 9.17) is 9.26 Å². The zero-order chi connectivity index (χ0) is 16.7. The highest BCUT2D eigenvalue weighted by molar-refractivity contribution is 5.85. The topological polar surface area (TPSA) is 55.6 Å². The van der Waals surface area contributed by atoms with Gasteiger partial charge in [0.2, 0.25) is 0 Å². The van der Waals surface area contributed by atoms with Crippen LogP contribution in [0.15, 0.2) is 28.8 Å². The first-order valence-corrected chi connectivity index (χ1v) is 8.24. The van der Waals surface area contributed by atoms with Crippen LogP contribution in [0, 0.1) is 5.82 Å². The van der Waals surface area contributed by atoms with Gasteiger partial charge in [0.25, 0.3) is 5.91 Å². The third-order valence-corrected chi connectivity index (χ3v) is 4.91. The van der Waals surface area contributed by atoms with E-state index in [0.29, 0.717) is 37.4 Å². The van der Waals surface area contributed by atoms with Crippen molar-refractivity contribution in [2.24, 2.45) is 0 Å². The highest BCUT2D eigenvalue weighted by Crippen LogP contribution is 2.34. The van der Waals surface area contributed by atoms with Crippen LogP contribution < -0.4 is 0 Å². The highest BCUT2D eigenvalue weighted by Gasteiger charge is 2.42. The van der Waals surface area contributed by atoms with Gasteiger partial charge >= 0.3 is 0 Å². The number of carbonyl (C=O) groups is 1. The Morgan fingerprint density at radius 1 is 1.38 bits per heavy atom. The Hall–Kier alpha value is -2.21. The van der Waals surface area contributed by atoms with Gasteiger partial charge < -0.3 is 14.2 Å². The van der Waals surface area contributed by atoms with Gasteiger partial charge in [0, 0.05) is 30.7 Å². The zero-order valence-corrected chi connectivity index (χ0v) is 13.5. The number of carbonyl (C=O) groups excluding carboxylic acids is 1. The summed E-state index contributed by atoms with van der Waals surface area (Å²) in [5.41, 5.74) is 0.937. The molecule has 1 aromatic carbocycles. The predicted molar refractivity (Wildman–Crippen MR) is 84.6 cm³/mol. The lowest BCUT2D eigenvalue weighted by Crippen LogP contribution is -2.48. The lowest BCUT2D eigenvalue weighted by Gasteiger charge is -2.33. The van der Waals surface area contributed by atoms with Crippen molar-refractivity contribution in [3.8, 4) is 11.3 Å². The molecule has 1 saturated heterocycles. The Morgan fingerprint density at radius 3 is 2.96 bits per heavy atom. The van der Waals surface area contributed by atoms with Crippen LogP contribution in [0.2, 0.25) is 0 Å². The van der Waals surface area contributed by atoms with E-state index in [1.807, 2.05) is 6.92 Å².